The van der Waals surface area contributed by atoms with Crippen molar-refractivity contribution in [3.05, 3.63) is 58.6 Å². The van der Waals surface area contributed by atoms with Gasteiger partial charge in [0.25, 0.3) is 5.91 Å². The second kappa shape index (κ2) is 9.28. The van der Waals surface area contributed by atoms with Gasteiger partial charge in [-0.15, -0.1) is 0 Å². The summed E-state index contributed by atoms with van der Waals surface area (Å²) in [4.78, 5) is 16.5. The number of carbonyl (C=O) groups is 1. The zero-order valence-corrected chi connectivity index (χ0v) is 15.7. The summed E-state index contributed by atoms with van der Waals surface area (Å²) in [5.74, 6) is 1.05. The van der Waals surface area contributed by atoms with Crippen LogP contribution < -0.4 is 14.8 Å². The summed E-state index contributed by atoms with van der Waals surface area (Å²) in [6.07, 6.45) is 3.61. The molecule has 0 unspecified atom stereocenters. The van der Waals surface area contributed by atoms with Crippen molar-refractivity contribution in [2.75, 3.05) is 13.7 Å². The lowest BCUT2D eigenvalue weighted by molar-refractivity contribution is -0.125. The summed E-state index contributed by atoms with van der Waals surface area (Å²) in [6.45, 7) is 0.312. The zero-order chi connectivity index (χ0) is 19.1. The molecule has 7 heteroatoms. The van der Waals surface area contributed by atoms with Gasteiger partial charge in [0.1, 0.15) is 6.61 Å². The quantitative estimate of drug-likeness (QED) is 0.526. The summed E-state index contributed by atoms with van der Waals surface area (Å²) in [5.41, 5.74) is 1.78. The van der Waals surface area contributed by atoms with Crippen LogP contribution in [-0.4, -0.2) is 31.9 Å². The highest BCUT2D eigenvalue weighted by atomic mass is 35.5. The van der Waals surface area contributed by atoms with Crippen LogP contribution in [0, 0.1) is 0 Å². The number of nitrogens with zero attached hydrogens (tertiary/aromatic N) is 1. The molecule has 3 rings (SSSR count). The molecule has 2 aromatic rings. The minimum Gasteiger partial charge on any atom is -0.493 e. The van der Waals surface area contributed by atoms with Crippen LogP contribution >= 0.6 is 11.6 Å². The molecule has 6 nitrogen and oxygen atoms in total. The molecule has 0 saturated heterocycles. The molecule has 0 aliphatic heterocycles. The molecule has 27 heavy (non-hydrogen) atoms. The van der Waals surface area contributed by atoms with Crippen LogP contribution in [0.1, 0.15) is 24.0 Å². The predicted molar refractivity (Wildman–Crippen MR) is 103 cm³/mol. The van der Waals surface area contributed by atoms with E-state index in [1.54, 1.807) is 19.2 Å². The summed E-state index contributed by atoms with van der Waals surface area (Å²) < 4.78 is 11.2. The number of halogens is 1. The molecule has 0 atom stereocenters. The van der Waals surface area contributed by atoms with Crippen molar-refractivity contribution in [1.29, 1.82) is 0 Å². The monoisotopic (exact) mass is 388 g/mol. The van der Waals surface area contributed by atoms with E-state index in [1.165, 1.54) is 6.21 Å². The van der Waals surface area contributed by atoms with E-state index >= 15 is 0 Å². The van der Waals surface area contributed by atoms with Crippen LogP contribution in [0.4, 0.5) is 0 Å². The fraction of sp³-hybridized carbons (Fsp3) is 0.300. The Bertz CT molecular complexity index is 804. The van der Waals surface area contributed by atoms with E-state index in [-0.39, 0.29) is 12.5 Å². The molecule has 1 aliphatic rings. The van der Waals surface area contributed by atoms with Crippen molar-refractivity contribution in [1.82, 2.24) is 5.32 Å². The molecule has 0 heterocycles. The maximum absolute atomic E-state index is 11.5. The molecule has 0 aromatic heterocycles. The maximum Gasteiger partial charge on any atom is 0.260 e. The lowest BCUT2D eigenvalue weighted by atomic mass is 10.2. The highest BCUT2D eigenvalue weighted by molar-refractivity contribution is 6.30. The third-order valence-electron chi connectivity index (χ3n) is 3.91. The number of ether oxygens (including phenoxy) is 2. The third-order valence-corrected chi connectivity index (χ3v) is 4.16. The van der Waals surface area contributed by atoms with Crippen LogP contribution in [-0.2, 0) is 16.2 Å². The van der Waals surface area contributed by atoms with Gasteiger partial charge < -0.3 is 19.6 Å². The highest BCUT2D eigenvalue weighted by Crippen LogP contribution is 2.28. The van der Waals surface area contributed by atoms with Gasteiger partial charge >= 0.3 is 0 Å². The SMILES string of the molecule is COc1cc(/C=N/OCC(=O)NC2CC2)ccc1OCc1ccc(Cl)cc1. The smallest absolute Gasteiger partial charge is 0.260 e. The number of rotatable bonds is 9. The van der Waals surface area contributed by atoms with Gasteiger partial charge in [0, 0.05) is 16.6 Å². The number of nitrogens with one attached hydrogen (secondary N) is 1. The van der Waals surface area contributed by atoms with Crippen LogP contribution in [0.2, 0.25) is 5.02 Å². The first-order valence-electron chi connectivity index (χ1n) is 8.64. The van der Waals surface area contributed by atoms with Gasteiger partial charge in [0.2, 0.25) is 0 Å². The highest BCUT2D eigenvalue weighted by Gasteiger charge is 2.23. The van der Waals surface area contributed by atoms with E-state index in [2.05, 4.69) is 10.5 Å². The van der Waals surface area contributed by atoms with Gasteiger partial charge in [-0.25, -0.2) is 0 Å². The minimum absolute atomic E-state index is 0.0909. The normalized spacial score (nSPS) is 13.4. The van der Waals surface area contributed by atoms with Gasteiger partial charge in [-0.1, -0.05) is 28.9 Å². The van der Waals surface area contributed by atoms with Crippen LogP contribution in [0.5, 0.6) is 11.5 Å². The molecule has 0 spiro atoms. The average Bonchev–Trinajstić information content (AvgIpc) is 3.49. The second-order valence-electron chi connectivity index (χ2n) is 6.18. The fourth-order valence-electron chi connectivity index (χ4n) is 2.32. The Labute approximate surface area is 163 Å². The lowest BCUT2D eigenvalue weighted by Gasteiger charge is -2.11. The largest absolute Gasteiger partial charge is 0.493 e. The number of methoxy groups -OCH3 is 1. The fourth-order valence-corrected chi connectivity index (χ4v) is 2.44. The minimum atomic E-state index is -0.154. The zero-order valence-electron chi connectivity index (χ0n) is 15.0. The third kappa shape index (κ3) is 6.18. The number of carbonyl (C=O) groups excluding carboxylic acids is 1. The standard InChI is InChI=1S/C20H21ClN2O4/c1-25-19-10-15(11-22-27-13-20(24)23-17-7-8-17)4-9-18(19)26-12-14-2-5-16(21)6-3-14/h2-6,9-11,17H,7-8,12-13H2,1H3,(H,23,24)/b22-11+. The number of benzene rings is 2. The van der Waals surface area contributed by atoms with Crippen molar-refractivity contribution in [3.63, 3.8) is 0 Å². The Morgan fingerprint density at radius 3 is 2.70 bits per heavy atom. The number of amides is 1. The molecule has 1 aliphatic carbocycles. The van der Waals surface area contributed by atoms with Crippen molar-refractivity contribution < 1.29 is 19.1 Å². The summed E-state index contributed by atoms with van der Waals surface area (Å²) in [7, 11) is 1.57. The first kappa shape index (κ1) is 19.0. The molecule has 0 bridgehead atoms. The van der Waals surface area contributed by atoms with Crippen LogP contribution in [0.3, 0.4) is 0 Å². The Balaban J connectivity index is 1.52. The molecule has 1 saturated carbocycles. The maximum atomic E-state index is 11.5. The molecular formula is C20H21ClN2O4. The van der Waals surface area contributed by atoms with Gasteiger partial charge in [0.15, 0.2) is 18.1 Å². The van der Waals surface area contributed by atoms with E-state index in [0.29, 0.717) is 29.2 Å². The Morgan fingerprint density at radius 1 is 1.22 bits per heavy atom. The summed E-state index contributed by atoms with van der Waals surface area (Å²) in [6, 6.07) is 13.2. The molecular weight excluding hydrogens is 368 g/mol. The van der Waals surface area contributed by atoms with Gasteiger partial charge in [0.05, 0.1) is 13.3 Å². The predicted octanol–water partition coefficient (Wildman–Crippen LogP) is 3.56. The van der Waals surface area contributed by atoms with E-state index < -0.39 is 0 Å². The molecule has 1 N–H and O–H groups in total. The van der Waals surface area contributed by atoms with Gasteiger partial charge in [-0.2, -0.15) is 0 Å². The topological polar surface area (TPSA) is 69.2 Å². The lowest BCUT2D eigenvalue weighted by Crippen LogP contribution is -2.28. The number of hydrogen-bond acceptors (Lipinski definition) is 5. The number of oxime groups is 1. The summed E-state index contributed by atoms with van der Waals surface area (Å²) in [5, 5.41) is 7.34. The molecule has 1 amide bonds. The van der Waals surface area contributed by atoms with Gasteiger partial charge in [-0.3, -0.25) is 4.79 Å². The van der Waals surface area contributed by atoms with Crippen molar-refractivity contribution in [3.8, 4) is 11.5 Å². The van der Waals surface area contributed by atoms with Crippen LogP contribution in [0.15, 0.2) is 47.6 Å². The molecule has 2 aromatic carbocycles. The average molecular weight is 389 g/mol. The summed E-state index contributed by atoms with van der Waals surface area (Å²) >= 11 is 5.88. The molecule has 0 radical (unpaired) electrons. The van der Waals surface area contributed by atoms with Crippen molar-refractivity contribution >= 4 is 23.7 Å². The van der Waals surface area contributed by atoms with E-state index in [1.807, 2.05) is 30.3 Å². The van der Waals surface area contributed by atoms with Crippen molar-refractivity contribution in [2.24, 2.45) is 5.16 Å². The second-order valence-corrected chi connectivity index (χ2v) is 6.61. The molecule has 142 valence electrons. The van der Waals surface area contributed by atoms with E-state index in [9.17, 15) is 4.79 Å². The Hall–Kier alpha value is -2.73. The van der Waals surface area contributed by atoms with Gasteiger partial charge in [-0.05, 0) is 48.7 Å². The molecule has 1 fully saturated rings. The van der Waals surface area contributed by atoms with E-state index in [0.717, 1.165) is 24.0 Å². The first-order chi connectivity index (χ1) is 13.1. The first-order valence-corrected chi connectivity index (χ1v) is 9.02. The Morgan fingerprint density at radius 2 is 2.00 bits per heavy atom. The van der Waals surface area contributed by atoms with Crippen LogP contribution in [0.25, 0.3) is 0 Å². The Kier molecular flexibility index (Phi) is 6.54. The van der Waals surface area contributed by atoms with E-state index in [4.69, 9.17) is 25.9 Å². The van der Waals surface area contributed by atoms with Crippen molar-refractivity contribution in [2.45, 2.75) is 25.5 Å². The number of hydrogen-bond donors (Lipinski definition) is 1.